The van der Waals surface area contributed by atoms with Crippen molar-refractivity contribution in [3.63, 3.8) is 0 Å². The van der Waals surface area contributed by atoms with Crippen molar-refractivity contribution in [1.82, 2.24) is 14.5 Å². The highest BCUT2D eigenvalue weighted by Crippen LogP contribution is 2.24. The predicted molar refractivity (Wildman–Crippen MR) is 127 cm³/mol. The maximum absolute atomic E-state index is 13.4. The van der Waals surface area contributed by atoms with Crippen molar-refractivity contribution in [1.29, 1.82) is 0 Å². The molecule has 7 heteroatoms. The first kappa shape index (κ1) is 21.9. The zero-order chi connectivity index (χ0) is 22.8. The van der Waals surface area contributed by atoms with Crippen LogP contribution in [0.15, 0.2) is 69.0 Å². The lowest BCUT2D eigenvalue weighted by molar-refractivity contribution is -0.127. The van der Waals surface area contributed by atoms with Gasteiger partial charge in [-0.15, -0.1) is 0 Å². The van der Waals surface area contributed by atoms with E-state index in [9.17, 15) is 9.59 Å². The van der Waals surface area contributed by atoms with Crippen molar-refractivity contribution in [3.05, 3.63) is 87.6 Å². The fourth-order valence-corrected chi connectivity index (χ4v) is 4.55. The molecule has 0 N–H and O–H groups in total. The van der Waals surface area contributed by atoms with Gasteiger partial charge in [0.1, 0.15) is 11.5 Å². The Morgan fingerprint density at radius 1 is 1.09 bits per heavy atom. The zero-order valence-corrected chi connectivity index (χ0v) is 19.4. The van der Waals surface area contributed by atoms with Crippen LogP contribution in [-0.2, 0) is 11.3 Å². The third-order valence-corrected chi connectivity index (χ3v) is 6.20. The highest BCUT2D eigenvalue weighted by molar-refractivity contribution is 7.99. The number of benzene rings is 2. The summed E-state index contributed by atoms with van der Waals surface area (Å²) in [6.45, 7) is 6.26. The number of hydrogen-bond donors (Lipinski definition) is 0. The van der Waals surface area contributed by atoms with Gasteiger partial charge in [0.15, 0.2) is 5.16 Å². The molecule has 0 aliphatic heterocycles. The van der Waals surface area contributed by atoms with Gasteiger partial charge in [-0.25, -0.2) is 4.98 Å². The molecular weight excluding hydrogens is 422 g/mol. The Balaban J connectivity index is 1.66. The van der Waals surface area contributed by atoms with Gasteiger partial charge in [0.25, 0.3) is 5.56 Å². The van der Waals surface area contributed by atoms with Gasteiger partial charge in [0, 0.05) is 7.05 Å². The first-order chi connectivity index (χ1) is 15.3. The molecule has 6 nitrogen and oxygen atoms in total. The molecule has 0 atom stereocenters. The van der Waals surface area contributed by atoms with E-state index >= 15 is 0 Å². The van der Waals surface area contributed by atoms with E-state index in [1.54, 1.807) is 22.6 Å². The van der Waals surface area contributed by atoms with E-state index in [-0.39, 0.29) is 17.2 Å². The monoisotopic (exact) mass is 447 g/mol. The Bertz CT molecular complexity index is 1360. The lowest BCUT2D eigenvalue weighted by Crippen LogP contribution is -2.28. The van der Waals surface area contributed by atoms with Crippen LogP contribution in [0.25, 0.3) is 16.6 Å². The Kier molecular flexibility index (Phi) is 6.19. The average molecular weight is 448 g/mol. The quantitative estimate of drug-likeness (QED) is 0.318. The summed E-state index contributed by atoms with van der Waals surface area (Å²) in [5.74, 6) is 1.64. The molecule has 0 saturated carbocycles. The van der Waals surface area contributed by atoms with E-state index in [0.29, 0.717) is 22.6 Å². The Hall–Kier alpha value is -3.32. The number of aryl methyl sites for hydroxylation is 3. The lowest BCUT2D eigenvalue weighted by atomic mass is 10.1. The lowest BCUT2D eigenvalue weighted by Gasteiger charge is -2.18. The summed E-state index contributed by atoms with van der Waals surface area (Å²) in [5.41, 5.74) is 3.34. The second-order valence-electron chi connectivity index (χ2n) is 7.89. The summed E-state index contributed by atoms with van der Waals surface area (Å²) < 4.78 is 7.19. The average Bonchev–Trinajstić information content (AvgIpc) is 3.17. The molecule has 1 amide bonds. The van der Waals surface area contributed by atoms with Gasteiger partial charge in [0.05, 0.1) is 28.9 Å². The molecule has 4 aromatic rings. The van der Waals surface area contributed by atoms with Crippen LogP contribution in [0.4, 0.5) is 0 Å². The molecule has 0 saturated heterocycles. The van der Waals surface area contributed by atoms with E-state index < -0.39 is 0 Å². The summed E-state index contributed by atoms with van der Waals surface area (Å²) in [7, 11) is 1.74. The maximum atomic E-state index is 13.4. The van der Waals surface area contributed by atoms with Gasteiger partial charge in [-0.1, -0.05) is 41.6 Å². The van der Waals surface area contributed by atoms with E-state index in [4.69, 9.17) is 9.40 Å². The molecule has 0 aliphatic carbocycles. The number of furan rings is 1. The Morgan fingerprint density at radius 3 is 2.59 bits per heavy atom. The fraction of sp³-hybridized carbons (Fsp3) is 0.240. The molecule has 2 aromatic carbocycles. The standard InChI is InChI=1S/C25H25N3O3S/c1-16-9-12-22(17(2)13-16)28-24(30)20-7-5-6-8-21(20)26-25(28)32-15-23(29)27(4)14-19-11-10-18(3)31-19/h5-13H,14-15H2,1-4H3. The molecule has 0 unspecified atom stereocenters. The van der Waals surface area contributed by atoms with Crippen molar-refractivity contribution in [2.75, 3.05) is 12.8 Å². The van der Waals surface area contributed by atoms with Crippen LogP contribution in [-0.4, -0.2) is 33.2 Å². The number of nitrogens with zero attached hydrogens (tertiary/aromatic N) is 3. The van der Waals surface area contributed by atoms with Crippen molar-refractivity contribution in [2.24, 2.45) is 0 Å². The zero-order valence-electron chi connectivity index (χ0n) is 18.6. The molecule has 0 spiro atoms. The number of fused-ring (bicyclic) bond motifs is 1. The molecule has 0 fully saturated rings. The molecule has 0 bridgehead atoms. The molecule has 32 heavy (non-hydrogen) atoms. The number of carbonyl (C=O) groups excluding carboxylic acids is 1. The van der Waals surface area contributed by atoms with Crippen LogP contribution in [0.2, 0.25) is 0 Å². The van der Waals surface area contributed by atoms with E-state index in [1.807, 2.05) is 69.3 Å². The van der Waals surface area contributed by atoms with Crippen LogP contribution in [0.1, 0.15) is 22.6 Å². The molecular formula is C25H25N3O3S. The van der Waals surface area contributed by atoms with Gasteiger partial charge in [-0.2, -0.15) is 0 Å². The second kappa shape index (κ2) is 9.04. The van der Waals surface area contributed by atoms with Crippen LogP contribution in [0.3, 0.4) is 0 Å². The molecule has 2 aromatic heterocycles. The maximum Gasteiger partial charge on any atom is 0.266 e. The molecule has 2 heterocycles. The number of amides is 1. The summed E-state index contributed by atoms with van der Waals surface area (Å²) in [4.78, 5) is 32.5. The first-order valence-electron chi connectivity index (χ1n) is 10.3. The van der Waals surface area contributed by atoms with Gasteiger partial charge < -0.3 is 9.32 Å². The van der Waals surface area contributed by atoms with Crippen molar-refractivity contribution >= 4 is 28.6 Å². The van der Waals surface area contributed by atoms with Crippen LogP contribution >= 0.6 is 11.8 Å². The minimum absolute atomic E-state index is 0.0707. The van der Waals surface area contributed by atoms with Crippen LogP contribution < -0.4 is 5.56 Å². The minimum Gasteiger partial charge on any atom is -0.464 e. The highest BCUT2D eigenvalue weighted by atomic mass is 32.2. The van der Waals surface area contributed by atoms with E-state index in [1.165, 1.54) is 11.8 Å². The SMILES string of the molecule is Cc1ccc(-n2c(SCC(=O)N(C)Cc3ccc(C)o3)nc3ccccc3c2=O)c(C)c1. The summed E-state index contributed by atoms with van der Waals surface area (Å²) in [6.07, 6.45) is 0. The van der Waals surface area contributed by atoms with Crippen LogP contribution in [0, 0.1) is 20.8 Å². The van der Waals surface area contributed by atoms with Crippen molar-refractivity contribution < 1.29 is 9.21 Å². The van der Waals surface area contributed by atoms with Gasteiger partial charge in [-0.3, -0.25) is 14.2 Å². The molecule has 0 aliphatic rings. The van der Waals surface area contributed by atoms with Crippen molar-refractivity contribution in [3.8, 4) is 5.69 Å². The van der Waals surface area contributed by atoms with Gasteiger partial charge in [-0.05, 0) is 56.7 Å². The van der Waals surface area contributed by atoms with E-state index in [2.05, 4.69) is 0 Å². The van der Waals surface area contributed by atoms with E-state index in [0.717, 1.165) is 28.3 Å². The summed E-state index contributed by atoms with van der Waals surface area (Å²) in [5, 5.41) is 1.05. The number of para-hydroxylation sites is 1. The van der Waals surface area contributed by atoms with Crippen LogP contribution in [0.5, 0.6) is 0 Å². The number of rotatable bonds is 6. The molecule has 164 valence electrons. The molecule has 4 rings (SSSR count). The second-order valence-corrected chi connectivity index (χ2v) is 8.84. The minimum atomic E-state index is -0.142. The normalized spacial score (nSPS) is 11.1. The summed E-state index contributed by atoms with van der Waals surface area (Å²) in [6, 6.07) is 17.0. The largest absolute Gasteiger partial charge is 0.464 e. The third-order valence-electron chi connectivity index (χ3n) is 5.28. The van der Waals surface area contributed by atoms with Gasteiger partial charge in [0.2, 0.25) is 5.91 Å². The first-order valence-corrected chi connectivity index (χ1v) is 11.3. The predicted octanol–water partition coefficient (Wildman–Crippen LogP) is 4.65. The number of thioether (sulfide) groups is 1. The third kappa shape index (κ3) is 4.48. The van der Waals surface area contributed by atoms with Crippen molar-refractivity contribution in [2.45, 2.75) is 32.5 Å². The Labute approximate surface area is 190 Å². The number of hydrogen-bond acceptors (Lipinski definition) is 5. The Morgan fingerprint density at radius 2 is 1.88 bits per heavy atom. The number of carbonyl (C=O) groups is 1. The fourth-order valence-electron chi connectivity index (χ4n) is 3.61. The van der Waals surface area contributed by atoms with Gasteiger partial charge >= 0.3 is 0 Å². The summed E-state index contributed by atoms with van der Waals surface area (Å²) >= 11 is 1.27. The molecule has 0 radical (unpaired) electrons. The topological polar surface area (TPSA) is 68.3 Å². The smallest absolute Gasteiger partial charge is 0.266 e. The highest BCUT2D eigenvalue weighted by Gasteiger charge is 2.18. The number of aromatic nitrogens is 2.